The van der Waals surface area contributed by atoms with Crippen molar-refractivity contribution in [2.24, 2.45) is 5.73 Å². The van der Waals surface area contributed by atoms with Gasteiger partial charge in [-0.05, 0) is 26.8 Å². The van der Waals surface area contributed by atoms with Gasteiger partial charge in [0.1, 0.15) is 11.4 Å². The second-order valence-corrected chi connectivity index (χ2v) is 5.64. The van der Waals surface area contributed by atoms with Gasteiger partial charge in [-0.3, -0.25) is 0 Å². The summed E-state index contributed by atoms with van der Waals surface area (Å²) in [6.45, 7) is 4.58. The number of rotatable bonds is 3. The predicted octanol–water partition coefficient (Wildman–Crippen LogP) is 3.37. The lowest BCUT2D eigenvalue weighted by molar-refractivity contribution is -0.140. The molecule has 0 spiro atoms. The maximum atomic E-state index is 14.0. The SMILES string of the molecule is CC(C)(C)OC(=O)NC(CN)c1cccc(C(F)(F)F)c1F. The number of carbonyl (C=O) groups is 1. The lowest BCUT2D eigenvalue weighted by Gasteiger charge is -2.24. The number of benzene rings is 1. The number of alkyl halides is 3. The van der Waals surface area contributed by atoms with Crippen LogP contribution in [0.15, 0.2) is 18.2 Å². The lowest BCUT2D eigenvalue weighted by Crippen LogP contribution is -2.38. The number of ether oxygens (including phenoxy) is 1. The molecule has 0 heterocycles. The molecule has 4 nitrogen and oxygen atoms in total. The Hall–Kier alpha value is -1.83. The van der Waals surface area contributed by atoms with Gasteiger partial charge in [-0.15, -0.1) is 0 Å². The maximum Gasteiger partial charge on any atom is 0.419 e. The predicted molar refractivity (Wildman–Crippen MR) is 72.6 cm³/mol. The summed E-state index contributed by atoms with van der Waals surface area (Å²) in [5.74, 6) is -1.46. The average molecular weight is 322 g/mol. The Morgan fingerprint density at radius 1 is 1.32 bits per heavy atom. The first kappa shape index (κ1) is 18.2. The lowest BCUT2D eigenvalue weighted by atomic mass is 10.0. The summed E-state index contributed by atoms with van der Waals surface area (Å²) < 4.78 is 57.1. The van der Waals surface area contributed by atoms with Gasteiger partial charge in [0, 0.05) is 12.1 Å². The van der Waals surface area contributed by atoms with Crippen molar-refractivity contribution in [1.29, 1.82) is 0 Å². The van der Waals surface area contributed by atoms with Gasteiger partial charge in [0.15, 0.2) is 0 Å². The van der Waals surface area contributed by atoms with Gasteiger partial charge < -0.3 is 15.8 Å². The summed E-state index contributed by atoms with van der Waals surface area (Å²) in [7, 11) is 0. The Balaban J connectivity index is 3.04. The number of hydrogen-bond acceptors (Lipinski definition) is 3. The standard InChI is InChI=1S/C14H18F4N2O2/c1-13(2,3)22-12(21)20-10(7-19)8-5-4-6-9(11(8)15)14(16,17)18/h4-6,10H,7,19H2,1-3H3,(H,20,21). The summed E-state index contributed by atoms with van der Waals surface area (Å²) in [6, 6.07) is 1.69. The molecular weight excluding hydrogens is 304 g/mol. The molecule has 22 heavy (non-hydrogen) atoms. The molecule has 1 unspecified atom stereocenters. The fourth-order valence-electron chi connectivity index (χ4n) is 1.75. The highest BCUT2D eigenvalue weighted by Gasteiger charge is 2.36. The first-order chi connectivity index (χ1) is 9.95. The molecule has 3 N–H and O–H groups in total. The van der Waals surface area contributed by atoms with E-state index in [1.165, 1.54) is 0 Å². The van der Waals surface area contributed by atoms with E-state index in [0.717, 1.165) is 12.1 Å². The minimum Gasteiger partial charge on any atom is -0.444 e. The van der Waals surface area contributed by atoms with E-state index >= 15 is 0 Å². The number of carbonyl (C=O) groups excluding carboxylic acids is 1. The zero-order chi connectivity index (χ0) is 17.1. The highest BCUT2D eigenvalue weighted by Crippen LogP contribution is 2.33. The van der Waals surface area contributed by atoms with Gasteiger partial charge in [0.2, 0.25) is 0 Å². The number of amides is 1. The van der Waals surface area contributed by atoms with Crippen LogP contribution >= 0.6 is 0 Å². The summed E-state index contributed by atoms with van der Waals surface area (Å²) >= 11 is 0. The second kappa shape index (κ2) is 6.51. The van der Waals surface area contributed by atoms with E-state index in [2.05, 4.69) is 5.32 Å². The van der Waals surface area contributed by atoms with Crippen molar-refractivity contribution in [1.82, 2.24) is 5.32 Å². The summed E-state index contributed by atoms with van der Waals surface area (Å²) in [6.07, 6.45) is -5.72. The van der Waals surface area contributed by atoms with Crippen molar-refractivity contribution in [2.75, 3.05) is 6.54 Å². The van der Waals surface area contributed by atoms with E-state index in [1.54, 1.807) is 20.8 Å². The quantitative estimate of drug-likeness (QED) is 0.839. The first-order valence-electron chi connectivity index (χ1n) is 6.51. The fourth-order valence-corrected chi connectivity index (χ4v) is 1.75. The van der Waals surface area contributed by atoms with E-state index in [-0.39, 0.29) is 12.1 Å². The number of halogens is 4. The molecule has 0 radical (unpaired) electrons. The van der Waals surface area contributed by atoms with Crippen molar-refractivity contribution >= 4 is 6.09 Å². The molecule has 0 aromatic heterocycles. The van der Waals surface area contributed by atoms with Gasteiger partial charge in [-0.2, -0.15) is 13.2 Å². The van der Waals surface area contributed by atoms with E-state index < -0.39 is 35.3 Å². The molecule has 0 bridgehead atoms. The van der Waals surface area contributed by atoms with E-state index in [1.807, 2.05) is 0 Å². The van der Waals surface area contributed by atoms with Gasteiger partial charge in [-0.1, -0.05) is 12.1 Å². The smallest absolute Gasteiger partial charge is 0.419 e. The van der Waals surface area contributed by atoms with Crippen LogP contribution in [-0.4, -0.2) is 18.2 Å². The van der Waals surface area contributed by atoms with E-state index in [4.69, 9.17) is 10.5 Å². The number of nitrogens with two attached hydrogens (primary N) is 1. The van der Waals surface area contributed by atoms with Crippen LogP contribution in [0.2, 0.25) is 0 Å². The van der Waals surface area contributed by atoms with Crippen molar-refractivity contribution in [2.45, 2.75) is 38.6 Å². The number of nitrogens with one attached hydrogen (secondary N) is 1. The molecule has 0 aliphatic heterocycles. The van der Waals surface area contributed by atoms with E-state index in [9.17, 15) is 22.4 Å². The van der Waals surface area contributed by atoms with Crippen LogP contribution in [0.4, 0.5) is 22.4 Å². The zero-order valence-electron chi connectivity index (χ0n) is 12.4. The number of alkyl carbamates (subject to hydrolysis) is 1. The average Bonchev–Trinajstić information content (AvgIpc) is 2.33. The molecule has 0 fully saturated rings. The van der Waals surface area contributed by atoms with Crippen molar-refractivity contribution in [3.63, 3.8) is 0 Å². The summed E-state index contributed by atoms with van der Waals surface area (Å²) in [5.41, 5.74) is 2.88. The molecule has 124 valence electrons. The van der Waals surface area contributed by atoms with Crippen molar-refractivity contribution < 1.29 is 27.1 Å². The largest absolute Gasteiger partial charge is 0.444 e. The Morgan fingerprint density at radius 3 is 2.36 bits per heavy atom. The van der Waals surface area contributed by atoms with Gasteiger partial charge in [0.25, 0.3) is 0 Å². The van der Waals surface area contributed by atoms with Crippen LogP contribution in [-0.2, 0) is 10.9 Å². The summed E-state index contributed by atoms with van der Waals surface area (Å²) in [4.78, 5) is 11.7. The molecule has 1 aromatic carbocycles. The summed E-state index contributed by atoms with van der Waals surface area (Å²) in [5, 5.41) is 2.27. The Labute approximate surface area is 125 Å². The molecule has 0 saturated heterocycles. The van der Waals surface area contributed by atoms with Crippen LogP contribution in [0.5, 0.6) is 0 Å². The highest BCUT2D eigenvalue weighted by atomic mass is 19.4. The number of hydrogen-bond donors (Lipinski definition) is 2. The topological polar surface area (TPSA) is 64.3 Å². The minimum absolute atomic E-state index is 0.280. The Morgan fingerprint density at radius 2 is 1.91 bits per heavy atom. The third-order valence-electron chi connectivity index (χ3n) is 2.64. The van der Waals surface area contributed by atoms with Crippen LogP contribution in [0.1, 0.15) is 37.9 Å². The molecular formula is C14H18F4N2O2. The zero-order valence-corrected chi connectivity index (χ0v) is 12.4. The molecule has 8 heteroatoms. The third-order valence-corrected chi connectivity index (χ3v) is 2.64. The molecule has 0 saturated carbocycles. The van der Waals surface area contributed by atoms with Crippen LogP contribution in [0.25, 0.3) is 0 Å². The Bertz CT molecular complexity index is 539. The second-order valence-electron chi connectivity index (χ2n) is 5.64. The first-order valence-corrected chi connectivity index (χ1v) is 6.51. The molecule has 1 amide bonds. The molecule has 1 rings (SSSR count). The Kier molecular flexibility index (Phi) is 5.39. The van der Waals surface area contributed by atoms with Crippen LogP contribution in [0.3, 0.4) is 0 Å². The van der Waals surface area contributed by atoms with Gasteiger partial charge in [0.05, 0.1) is 11.6 Å². The third kappa shape index (κ3) is 4.87. The molecule has 1 aromatic rings. The van der Waals surface area contributed by atoms with Gasteiger partial charge >= 0.3 is 12.3 Å². The minimum atomic E-state index is -4.83. The van der Waals surface area contributed by atoms with Crippen molar-refractivity contribution in [3.05, 3.63) is 35.1 Å². The van der Waals surface area contributed by atoms with Crippen molar-refractivity contribution in [3.8, 4) is 0 Å². The van der Waals surface area contributed by atoms with E-state index in [0.29, 0.717) is 6.07 Å². The molecule has 1 atom stereocenters. The van der Waals surface area contributed by atoms with Crippen LogP contribution < -0.4 is 11.1 Å². The molecule has 0 aliphatic rings. The maximum absolute atomic E-state index is 14.0. The molecule has 0 aliphatic carbocycles. The van der Waals surface area contributed by atoms with Gasteiger partial charge in [-0.25, -0.2) is 9.18 Å². The highest BCUT2D eigenvalue weighted by molar-refractivity contribution is 5.68. The van der Waals surface area contributed by atoms with Crippen LogP contribution in [0, 0.1) is 5.82 Å². The normalized spacial score (nSPS) is 13.6. The monoisotopic (exact) mass is 322 g/mol. The fraction of sp³-hybridized carbons (Fsp3) is 0.500.